The molecule has 0 bridgehead atoms. The van der Waals surface area contributed by atoms with Crippen molar-refractivity contribution in [3.8, 4) is 0 Å². The molecule has 0 aliphatic heterocycles. The van der Waals surface area contributed by atoms with Crippen molar-refractivity contribution in [2.45, 2.75) is 58.3 Å². The molecule has 1 heteroatoms. The molecule has 0 unspecified atom stereocenters. The summed E-state index contributed by atoms with van der Waals surface area (Å²) in [7, 11) is 0. The number of unbranched alkanes of at least 4 members (excludes halogenated alkanes) is 1. The van der Waals surface area contributed by atoms with Gasteiger partial charge in [0.2, 0.25) is 0 Å². The molecule has 1 aliphatic carbocycles. The van der Waals surface area contributed by atoms with Crippen LogP contribution in [-0.4, -0.2) is 5.88 Å². The lowest BCUT2D eigenvalue weighted by molar-refractivity contribution is 0.194. The average Bonchev–Trinajstić information content (AvgIpc) is 2.06. The fourth-order valence-electron chi connectivity index (χ4n) is 2.30. The van der Waals surface area contributed by atoms with E-state index in [0.29, 0.717) is 5.41 Å². The van der Waals surface area contributed by atoms with Crippen LogP contribution in [-0.2, 0) is 0 Å². The Morgan fingerprint density at radius 1 is 1.08 bits per heavy atom. The summed E-state index contributed by atoms with van der Waals surface area (Å²) >= 11 is 5.66. The van der Waals surface area contributed by atoms with E-state index in [1.807, 2.05) is 0 Å². The first-order chi connectivity index (χ1) is 5.77. The van der Waals surface area contributed by atoms with E-state index in [2.05, 4.69) is 6.92 Å². The SMILES string of the molecule is CC1(CCCCCl)CCCCC1. The Labute approximate surface area is 81.7 Å². The van der Waals surface area contributed by atoms with Gasteiger partial charge in [-0.05, 0) is 31.1 Å². The zero-order chi connectivity index (χ0) is 8.86. The Balaban J connectivity index is 2.17. The molecule has 1 fully saturated rings. The maximum absolute atomic E-state index is 5.66. The molecule has 1 rings (SSSR count). The molecule has 12 heavy (non-hydrogen) atoms. The van der Waals surface area contributed by atoms with Gasteiger partial charge in [0.05, 0.1) is 0 Å². The van der Waals surface area contributed by atoms with Crippen LogP contribution in [0.2, 0.25) is 0 Å². The van der Waals surface area contributed by atoms with Crippen LogP contribution in [0, 0.1) is 5.41 Å². The normalized spacial score (nSPS) is 22.5. The maximum Gasteiger partial charge on any atom is 0.0223 e. The number of rotatable bonds is 4. The molecule has 1 aliphatic rings. The summed E-state index contributed by atoms with van der Waals surface area (Å²) in [5.41, 5.74) is 0.671. The van der Waals surface area contributed by atoms with Gasteiger partial charge in [0.25, 0.3) is 0 Å². The highest BCUT2D eigenvalue weighted by atomic mass is 35.5. The van der Waals surface area contributed by atoms with Gasteiger partial charge in [-0.15, -0.1) is 11.6 Å². The third-order valence-corrected chi connectivity index (χ3v) is 3.49. The molecule has 0 amide bonds. The predicted molar refractivity (Wildman–Crippen MR) is 55.8 cm³/mol. The van der Waals surface area contributed by atoms with Gasteiger partial charge in [-0.25, -0.2) is 0 Å². The van der Waals surface area contributed by atoms with E-state index >= 15 is 0 Å². The predicted octanol–water partition coefficient (Wildman–Crippen LogP) is 4.37. The van der Waals surface area contributed by atoms with Crippen LogP contribution >= 0.6 is 11.6 Å². The second kappa shape index (κ2) is 5.11. The summed E-state index contributed by atoms with van der Waals surface area (Å²) in [6, 6.07) is 0. The zero-order valence-corrected chi connectivity index (χ0v) is 9.00. The van der Waals surface area contributed by atoms with Crippen LogP contribution < -0.4 is 0 Å². The van der Waals surface area contributed by atoms with Crippen molar-refractivity contribution in [2.24, 2.45) is 5.41 Å². The van der Waals surface area contributed by atoms with E-state index in [4.69, 9.17) is 11.6 Å². The van der Waals surface area contributed by atoms with E-state index in [1.165, 1.54) is 51.4 Å². The van der Waals surface area contributed by atoms with Crippen LogP contribution in [0.4, 0.5) is 0 Å². The van der Waals surface area contributed by atoms with Crippen molar-refractivity contribution in [2.75, 3.05) is 5.88 Å². The molecule has 0 nitrogen and oxygen atoms in total. The van der Waals surface area contributed by atoms with Crippen molar-refractivity contribution in [3.05, 3.63) is 0 Å². The number of hydrogen-bond acceptors (Lipinski definition) is 0. The van der Waals surface area contributed by atoms with Gasteiger partial charge < -0.3 is 0 Å². The highest BCUT2D eigenvalue weighted by Gasteiger charge is 2.25. The van der Waals surface area contributed by atoms with Gasteiger partial charge in [-0.2, -0.15) is 0 Å². The molecule has 0 spiro atoms. The first-order valence-corrected chi connectivity index (χ1v) is 5.86. The van der Waals surface area contributed by atoms with Crippen molar-refractivity contribution in [3.63, 3.8) is 0 Å². The molecule has 0 N–H and O–H groups in total. The highest BCUT2D eigenvalue weighted by molar-refractivity contribution is 6.17. The molecule has 0 atom stereocenters. The van der Waals surface area contributed by atoms with Crippen LogP contribution in [0.15, 0.2) is 0 Å². The van der Waals surface area contributed by atoms with Gasteiger partial charge in [0, 0.05) is 5.88 Å². The van der Waals surface area contributed by atoms with Crippen LogP contribution in [0.1, 0.15) is 58.3 Å². The smallest absolute Gasteiger partial charge is 0.0223 e. The van der Waals surface area contributed by atoms with E-state index in [-0.39, 0.29) is 0 Å². The minimum absolute atomic E-state index is 0.671. The van der Waals surface area contributed by atoms with Crippen molar-refractivity contribution in [1.82, 2.24) is 0 Å². The van der Waals surface area contributed by atoms with Gasteiger partial charge in [0.1, 0.15) is 0 Å². The highest BCUT2D eigenvalue weighted by Crippen LogP contribution is 2.39. The fraction of sp³-hybridized carbons (Fsp3) is 1.00. The van der Waals surface area contributed by atoms with Gasteiger partial charge in [0.15, 0.2) is 0 Å². The molecule has 0 heterocycles. The first-order valence-electron chi connectivity index (χ1n) is 5.33. The zero-order valence-electron chi connectivity index (χ0n) is 8.24. The Hall–Kier alpha value is 0.290. The Kier molecular flexibility index (Phi) is 4.42. The van der Waals surface area contributed by atoms with E-state index in [0.717, 1.165) is 5.88 Å². The lowest BCUT2D eigenvalue weighted by Gasteiger charge is -2.33. The lowest BCUT2D eigenvalue weighted by Crippen LogP contribution is -2.19. The Morgan fingerprint density at radius 2 is 1.75 bits per heavy atom. The minimum Gasteiger partial charge on any atom is -0.127 e. The number of halogens is 1. The summed E-state index contributed by atoms with van der Waals surface area (Å²) in [5, 5.41) is 0. The number of hydrogen-bond donors (Lipinski definition) is 0. The second-order valence-corrected chi connectivity index (χ2v) is 4.90. The summed E-state index contributed by atoms with van der Waals surface area (Å²) in [4.78, 5) is 0. The largest absolute Gasteiger partial charge is 0.127 e. The van der Waals surface area contributed by atoms with Gasteiger partial charge >= 0.3 is 0 Å². The molecule has 1 saturated carbocycles. The summed E-state index contributed by atoms with van der Waals surface area (Å²) in [6.07, 6.45) is 11.2. The standard InChI is InChI=1S/C11H21Cl/c1-11(9-5-6-10-12)7-3-2-4-8-11/h2-10H2,1H3. The first kappa shape index (κ1) is 10.4. The summed E-state index contributed by atoms with van der Waals surface area (Å²) in [5.74, 6) is 0.843. The second-order valence-electron chi connectivity index (χ2n) is 4.52. The molecule has 0 aromatic rings. The van der Waals surface area contributed by atoms with E-state index in [1.54, 1.807) is 0 Å². The van der Waals surface area contributed by atoms with Gasteiger partial charge in [-0.1, -0.05) is 32.6 Å². The van der Waals surface area contributed by atoms with Crippen molar-refractivity contribution in [1.29, 1.82) is 0 Å². The molecular weight excluding hydrogens is 168 g/mol. The fourth-order valence-corrected chi connectivity index (χ4v) is 2.49. The quantitative estimate of drug-likeness (QED) is 0.454. The molecule has 72 valence electrons. The molecule has 0 radical (unpaired) electrons. The molecule has 0 aromatic carbocycles. The summed E-state index contributed by atoms with van der Waals surface area (Å²) < 4.78 is 0. The van der Waals surface area contributed by atoms with Crippen LogP contribution in [0.5, 0.6) is 0 Å². The molecular formula is C11H21Cl. The lowest BCUT2D eigenvalue weighted by atomic mass is 9.73. The van der Waals surface area contributed by atoms with Crippen molar-refractivity contribution >= 4 is 11.6 Å². The monoisotopic (exact) mass is 188 g/mol. The number of alkyl halides is 1. The van der Waals surface area contributed by atoms with Gasteiger partial charge in [-0.3, -0.25) is 0 Å². The van der Waals surface area contributed by atoms with E-state index in [9.17, 15) is 0 Å². The third-order valence-electron chi connectivity index (χ3n) is 3.22. The molecule has 0 saturated heterocycles. The van der Waals surface area contributed by atoms with Crippen LogP contribution in [0.25, 0.3) is 0 Å². The van der Waals surface area contributed by atoms with Crippen molar-refractivity contribution < 1.29 is 0 Å². The third kappa shape index (κ3) is 3.35. The Bertz CT molecular complexity index is 114. The van der Waals surface area contributed by atoms with E-state index < -0.39 is 0 Å². The maximum atomic E-state index is 5.66. The summed E-state index contributed by atoms with van der Waals surface area (Å²) in [6.45, 7) is 2.46. The minimum atomic E-state index is 0.671. The topological polar surface area (TPSA) is 0 Å². The van der Waals surface area contributed by atoms with Crippen LogP contribution in [0.3, 0.4) is 0 Å². The molecule has 0 aromatic heterocycles. The average molecular weight is 189 g/mol. The Morgan fingerprint density at radius 3 is 2.33 bits per heavy atom.